The quantitative estimate of drug-likeness (QED) is 0.502. The Hall–Kier alpha value is -1.24. The van der Waals surface area contributed by atoms with E-state index < -0.39 is 0 Å². The molecule has 1 aromatic rings. The normalized spacial score (nSPS) is 10.4. The maximum atomic E-state index is 5.81. The maximum Gasteiger partial charge on any atom is 0.119 e. The molecule has 0 spiro atoms. The molecule has 0 heterocycles. The standard InChI is InChI=1S/C15H24O.C3H6.C2H6/c1-4-6-7-14(5-2)12-16-15-10-8-13(3)9-11-15;1-3-2;1-2/h8-11,14H,4-7,12H2,1-3H3;3H,1H2,2H3;1-2H3. The molecule has 0 N–H and O–H groups in total. The van der Waals surface area contributed by atoms with E-state index in [0.29, 0.717) is 5.92 Å². The first-order valence-corrected chi connectivity index (χ1v) is 8.44. The van der Waals surface area contributed by atoms with Crippen molar-refractivity contribution in [1.82, 2.24) is 0 Å². The first kappa shape index (κ1) is 22.0. The van der Waals surface area contributed by atoms with Crippen LogP contribution < -0.4 is 4.74 Å². The second kappa shape index (κ2) is 16.8. The Morgan fingerprint density at radius 1 is 1.14 bits per heavy atom. The summed E-state index contributed by atoms with van der Waals surface area (Å²) >= 11 is 0. The minimum absolute atomic E-state index is 0.709. The fourth-order valence-corrected chi connectivity index (χ4v) is 1.75. The average molecular weight is 293 g/mol. The SMILES string of the molecule is C=CC.CC.CCCCC(CC)COc1ccc(C)cc1. The van der Waals surface area contributed by atoms with E-state index in [-0.39, 0.29) is 0 Å². The fourth-order valence-electron chi connectivity index (χ4n) is 1.75. The lowest BCUT2D eigenvalue weighted by atomic mass is 10.0. The van der Waals surface area contributed by atoms with Gasteiger partial charge >= 0.3 is 0 Å². The van der Waals surface area contributed by atoms with Crippen molar-refractivity contribution in [2.75, 3.05) is 6.61 Å². The fraction of sp³-hybridized carbons (Fsp3) is 0.600. The molecule has 0 saturated carbocycles. The third-order valence-corrected chi connectivity index (χ3v) is 3.05. The monoisotopic (exact) mass is 292 g/mol. The molecule has 0 bridgehead atoms. The molecule has 0 aliphatic carbocycles. The van der Waals surface area contributed by atoms with Crippen LogP contribution in [0, 0.1) is 12.8 Å². The molecule has 1 atom stereocenters. The molecule has 1 unspecified atom stereocenters. The maximum absolute atomic E-state index is 5.81. The number of unbranched alkanes of at least 4 members (excludes halogenated alkanes) is 1. The minimum Gasteiger partial charge on any atom is -0.493 e. The lowest BCUT2D eigenvalue weighted by Crippen LogP contribution is -2.11. The lowest BCUT2D eigenvalue weighted by molar-refractivity contribution is 0.233. The first-order chi connectivity index (χ1) is 10.2. The van der Waals surface area contributed by atoms with Crippen LogP contribution >= 0.6 is 0 Å². The van der Waals surface area contributed by atoms with Crippen LogP contribution in [0.1, 0.15) is 65.9 Å². The van der Waals surface area contributed by atoms with Crippen LogP contribution in [-0.2, 0) is 0 Å². The highest BCUT2D eigenvalue weighted by Crippen LogP contribution is 2.17. The van der Waals surface area contributed by atoms with Crippen molar-refractivity contribution in [3.05, 3.63) is 42.5 Å². The summed E-state index contributed by atoms with van der Waals surface area (Å²) < 4.78 is 5.81. The van der Waals surface area contributed by atoms with Crippen LogP contribution in [0.25, 0.3) is 0 Å². The smallest absolute Gasteiger partial charge is 0.119 e. The highest BCUT2D eigenvalue weighted by Gasteiger charge is 2.06. The Labute approximate surface area is 133 Å². The van der Waals surface area contributed by atoms with Gasteiger partial charge in [0.25, 0.3) is 0 Å². The molecule has 1 heteroatoms. The second-order valence-electron chi connectivity index (χ2n) is 4.95. The Kier molecular flexibility index (Phi) is 17.7. The number of rotatable bonds is 7. The van der Waals surface area contributed by atoms with Crippen LogP contribution in [0.15, 0.2) is 36.9 Å². The summed E-state index contributed by atoms with van der Waals surface area (Å²) in [6.07, 6.45) is 6.85. The number of benzene rings is 1. The number of aryl methyl sites for hydroxylation is 1. The lowest BCUT2D eigenvalue weighted by Gasteiger charge is -2.15. The minimum atomic E-state index is 0.709. The van der Waals surface area contributed by atoms with E-state index in [1.54, 1.807) is 6.08 Å². The first-order valence-electron chi connectivity index (χ1n) is 8.44. The van der Waals surface area contributed by atoms with Crippen LogP contribution in [0.3, 0.4) is 0 Å². The zero-order chi connectivity index (χ0) is 16.5. The molecule has 0 radical (unpaired) electrons. The van der Waals surface area contributed by atoms with Gasteiger partial charge in [0.15, 0.2) is 0 Å². The molecule has 1 aromatic carbocycles. The second-order valence-corrected chi connectivity index (χ2v) is 4.95. The van der Waals surface area contributed by atoms with Crippen molar-refractivity contribution >= 4 is 0 Å². The van der Waals surface area contributed by atoms with Crippen molar-refractivity contribution in [1.29, 1.82) is 0 Å². The molecule has 0 aliphatic heterocycles. The summed E-state index contributed by atoms with van der Waals surface area (Å²) in [5.74, 6) is 1.71. The van der Waals surface area contributed by atoms with Gasteiger partial charge in [0.2, 0.25) is 0 Å². The molecule has 1 rings (SSSR count). The van der Waals surface area contributed by atoms with Gasteiger partial charge < -0.3 is 4.74 Å². The van der Waals surface area contributed by atoms with E-state index in [2.05, 4.69) is 51.6 Å². The Morgan fingerprint density at radius 2 is 1.67 bits per heavy atom. The summed E-state index contributed by atoms with van der Waals surface area (Å²) in [5.41, 5.74) is 1.28. The Balaban J connectivity index is 0. The molecule has 0 fully saturated rings. The predicted octanol–water partition coefficient (Wildman–Crippen LogP) is 6.81. The molecular formula is C20H36O. The van der Waals surface area contributed by atoms with E-state index in [4.69, 9.17) is 4.74 Å². The van der Waals surface area contributed by atoms with Gasteiger partial charge in [-0.2, -0.15) is 0 Å². The third-order valence-electron chi connectivity index (χ3n) is 3.05. The van der Waals surface area contributed by atoms with E-state index in [9.17, 15) is 0 Å². The van der Waals surface area contributed by atoms with Crippen LogP contribution in [0.5, 0.6) is 5.75 Å². The molecule has 0 amide bonds. The van der Waals surface area contributed by atoms with Crippen molar-refractivity contribution in [3.8, 4) is 5.75 Å². The zero-order valence-electron chi connectivity index (χ0n) is 15.1. The molecule has 1 nitrogen and oxygen atoms in total. The highest BCUT2D eigenvalue weighted by atomic mass is 16.5. The van der Waals surface area contributed by atoms with Gasteiger partial charge in [-0.15, -0.1) is 6.58 Å². The molecular weight excluding hydrogens is 256 g/mol. The van der Waals surface area contributed by atoms with E-state index >= 15 is 0 Å². The number of hydrogen-bond acceptors (Lipinski definition) is 1. The Morgan fingerprint density at radius 3 is 2.10 bits per heavy atom. The number of hydrogen-bond donors (Lipinski definition) is 0. The van der Waals surface area contributed by atoms with Crippen molar-refractivity contribution in [2.24, 2.45) is 5.92 Å². The number of ether oxygens (including phenoxy) is 1. The molecule has 21 heavy (non-hydrogen) atoms. The van der Waals surface area contributed by atoms with E-state index in [0.717, 1.165) is 12.4 Å². The zero-order valence-corrected chi connectivity index (χ0v) is 15.1. The van der Waals surface area contributed by atoms with Crippen molar-refractivity contribution < 1.29 is 4.74 Å². The van der Waals surface area contributed by atoms with Crippen LogP contribution in [0.2, 0.25) is 0 Å². The largest absolute Gasteiger partial charge is 0.493 e. The van der Waals surface area contributed by atoms with Crippen molar-refractivity contribution in [2.45, 2.75) is 67.2 Å². The predicted molar refractivity (Wildman–Crippen MR) is 97.2 cm³/mol. The van der Waals surface area contributed by atoms with Gasteiger partial charge in [0, 0.05) is 0 Å². The van der Waals surface area contributed by atoms with Gasteiger partial charge in [0.1, 0.15) is 5.75 Å². The number of allylic oxidation sites excluding steroid dienone is 1. The van der Waals surface area contributed by atoms with Crippen LogP contribution in [-0.4, -0.2) is 6.61 Å². The summed E-state index contributed by atoms with van der Waals surface area (Å²) in [6.45, 7) is 16.7. The van der Waals surface area contributed by atoms with Crippen LogP contribution in [0.4, 0.5) is 0 Å². The van der Waals surface area contributed by atoms with Gasteiger partial charge in [-0.3, -0.25) is 0 Å². The molecule has 122 valence electrons. The van der Waals surface area contributed by atoms with Gasteiger partial charge in [-0.25, -0.2) is 0 Å². The summed E-state index contributed by atoms with van der Waals surface area (Å²) in [4.78, 5) is 0. The topological polar surface area (TPSA) is 9.23 Å². The summed E-state index contributed by atoms with van der Waals surface area (Å²) in [7, 11) is 0. The Bertz CT molecular complexity index is 313. The van der Waals surface area contributed by atoms with Gasteiger partial charge in [-0.05, 0) is 38.3 Å². The molecule has 0 saturated heterocycles. The van der Waals surface area contributed by atoms with E-state index in [1.807, 2.05) is 20.8 Å². The molecule has 0 aliphatic rings. The average Bonchev–Trinajstić information content (AvgIpc) is 2.52. The summed E-state index contributed by atoms with van der Waals surface area (Å²) in [5, 5.41) is 0. The van der Waals surface area contributed by atoms with Gasteiger partial charge in [0.05, 0.1) is 6.61 Å². The third kappa shape index (κ3) is 13.5. The van der Waals surface area contributed by atoms with E-state index in [1.165, 1.54) is 31.2 Å². The molecule has 0 aromatic heterocycles. The summed E-state index contributed by atoms with van der Waals surface area (Å²) in [6, 6.07) is 8.31. The van der Waals surface area contributed by atoms with Crippen molar-refractivity contribution in [3.63, 3.8) is 0 Å². The highest BCUT2D eigenvalue weighted by molar-refractivity contribution is 5.26. The van der Waals surface area contributed by atoms with Gasteiger partial charge in [-0.1, -0.05) is 70.7 Å².